The molecule has 56 heavy (non-hydrogen) atoms. The maximum Gasteiger partial charge on any atom is 0.215 e. The van der Waals surface area contributed by atoms with E-state index >= 15 is 0 Å². The number of ether oxygens (including phenoxy) is 9. The maximum atomic E-state index is 12.0. The lowest BCUT2D eigenvalue weighted by atomic mass is 9.91. The summed E-state index contributed by atoms with van der Waals surface area (Å²) in [4.78, 5) is 47.7. The number of rotatable bonds is 27. The van der Waals surface area contributed by atoms with Crippen molar-refractivity contribution in [2.24, 2.45) is 5.92 Å². The van der Waals surface area contributed by atoms with E-state index in [1.165, 1.54) is 20.8 Å². The third kappa shape index (κ3) is 13.5. The van der Waals surface area contributed by atoms with Gasteiger partial charge < -0.3 is 108 Å². The van der Waals surface area contributed by atoms with Gasteiger partial charge in [0.2, 0.25) is 12.6 Å². The zero-order chi connectivity index (χ0) is 42.3. The lowest BCUT2D eigenvalue weighted by Crippen LogP contribution is -2.62. The van der Waals surface area contributed by atoms with Gasteiger partial charge in [-0.15, -0.1) is 0 Å². The summed E-state index contributed by atoms with van der Waals surface area (Å²) in [6, 6.07) is 0. The van der Waals surface area contributed by atoms with E-state index in [1.807, 2.05) is 0 Å². The van der Waals surface area contributed by atoms with Gasteiger partial charge in [0.1, 0.15) is 67.1 Å². The fourth-order valence-electron chi connectivity index (χ4n) is 5.54. The molecule has 326 valence electrons. The highest BCUT2D eigenvalue weighted by molar-refractivity contribution is 5.58. The van der Waals surface area contributed by atoms with Gasteiger partial charge in [0.25, 0.3) is 0 Å². The minimum atomic E-state index is -2.13. The maximum absolute atomic E-state index is 12.0. The molecule has 24 nitrogen and oxygen atoms in total. The molecule has 2 saturated heterocycles. The van der Waals surface area contributed by atoms with Crippen LogP contribution in [0.4, 0.5) is 0 Å². The van der Waals surface area contributed by atoms with Crippen molar-refractivity contribution in [2.45, 2.75) is 138 Å². The first-order chi connectivity index (χ1) is 26.6. The summed E-state index contributed by atoms with van der Waals surface area (Å²) >= 11 is 0. The first kappa shape index (κ1) is 50.0. The van der Waals surface area contributed by atoms with Crippen LogP contribution in [-0.2, 0) is 61.8 Å². The molecule has 0 aromatic heterocycles. The van der Waals surface area contributed by atoms with Gasteiger partial charge in [-0.2, -0.15) is 0 Å². The van der Waals surface area contributed by atoms with E-state index in [9.17, 15) is 75.3 Å². The number of hydrogen-bond acceptors (Lipinski definition) is 24. The van der Waals surface area contributed by atoms with Gasteiger partial charge in [-0.25, -0.2) is 0 Å². The molecule has 0 saturated carbocycles. The molecule has 2 aliphatic heterocycles. The van der Waals surface area contributed by atoms with Crippen LogP contribution >= 0.6 is 0 Å². The predicted molar refractivity (Wildman–Crippen MR) is 175 cm³/mol. The van der Waals surface area contributed by atoms with Crippen molar-refractivity contribution in [3.05, 3.63) is 0 Å². The first-order valence-electron chi connectivity index (χ1n) is 17.4. The lowest BCUT2D eigenvalue weighted by molar-refractivity contribution is -0.339. The van der Waals surface area contributed by atoms with Crippen LogP contribution in [-0.4, -0.2) is 231 Å². The van der Waals surface area contributed by atoms with E-state index < -0.39 is 156 Å². The van der Waals surface area contributed by atoms with Gasteiger partial charge in [0, 0.05) is 5.92 Å². The second kappa shape index (κ2) is 24.7. The Morgan fingerprint density at radius 2 is 1.02 bits per heavy atom. The van der Waals surface area contributed by atoms with E-state index in [2.05, 4.69) is 0 Å². The van der Waals surface area contributed by atoms with Crippen LogP contribution in [0.3, 0.4) is 0 Å². The number of carbonyl (C=O) groups excluding carboxylic acids is 4. The summed E-state index contributed by atoms with van der Waals surface area (Å²) in [5, 5.41) is 110. The standard InChI is InChI=1S/C32H54O24/c1-13-16(4-33)52-31(27(44)25(13)42)53-21(9-38)19(7-36)51-24(12-41)56-29-22(10-39)55-32(28(45)26(29)43)54-20(8-37)18(6-35)50-23(11-40)49-14(2)17(5-34)48-15(3)30(46)47/h8-9,11-36,39,42-47H,4-7,10H2,1-3H3. The average molecular weight is 823 g/mol. The van der Waals surface area contributed by atoms with Gasteiger partial charge >= 0.3 is 0 Å². The molecular weight excluding hydrogens is 768 g/mol. The summed E-state index contributed by atoms with van der Waals surface area (Å²) < 4.78 is 48.5. The van der Waals surface area contributed by atoms with Crippen molar-refractivity contribution in [1.82, 2.24) is 0 Å². The molecule has 2 heterocycles. The Morgan fingerprint density at radius 1 is 0.554 bits per heavy atom. The van der Waals surface area contributed by atoms with Crippen molar-refractivity contribution < 1.29 is 118 Å². The monoisotopic (exact) mass is 822 g/mol. The molecule has 0 aromatic rings. The smallest absolute Gasteiger partial charge is 0.215 e. The van der Waals surface area contributed by atoms with Gasteiger partial charge in [0.15, 0.2) is 44.0 Å². The van der Waals surface area contributed by atoms with Crippen LogP contribution < -0.4 is 0 Å². The van der Waals surface area contributed by atoms with Gasteiger partial charge in [0.05, 0.1) is 51.3 Å². The summed E-state index contributed by atoms with van der Waals surface area (Å²) in [5.41, 5.74) is 0. The molecule has 0 spiro atoms. The molecule has 0 bridgehead atoms. The van der Waals surface area contributed by atoms with E-state index in [1.54, 1.807) is 0 Å². The fourth-order valence-corrected chi connectivity index (χ4v) is 5.54. The Hall–Kier alpha value is -2.12. The molecule has 24 heteroatoms. The van der Waals surface area contributed by atoms with E-state index in [-0.39, 0.29) is 25.1 Å². The largest absolute Gasteiger partial charge is 0.394 e. The molecule has 19 unspecified atom stereocenters. The quantitative estimate of drug-likeness (QED) is 0.0271. The molecule has 0 aliphatic carbocycles. The van der Waals surface area contributed by atoms with Crippen LogP contribution in [0, 0.1) is 5.92 Å². The highest BCUT2D eigenvalue weighted by atomic mass is 16.8. The van der Waals surface area contributed by atoms with Gasteiger partial charge in [-0.1, -0.05) is 6.92 Å². The summed E-state index contributed by atoms with van der Waals surface area (Å²) in [7, 11) is 0. The summed E-state index contributed by atoms with van der Waals surface area (Å²) in [5.74, 6) is -0.740. The first-order valence-corrected chi connectivity index (χ1v) is 17.4. The lowest BCUT2D eigenvalue weighted by Gasteiger charge is -2.43. The number of hydrogen-bond donors (Lipinski definition) is 11. The van der Waals surface area contributed by atoms with Crippen LogP contribution in [0.25, 0.3) is 0 Å². The minimum absolute atomic E-state index is 0.00325. The Labute approximate surface area is 319 Å². The molecule has 2 fully saturated rings. The third-order valence-corrected chi connectivity index (χ3v) is 9.00. The zero-order valence-corrected chi connectivity index (χ0v) is 30.6. The average Bonchev–Trinajstić information content (AvgIpc) is 3.20. The van der Waals surface area contributed by atoms with Crippen molar-refractivity contribution in [3.8, 4) is 0 Å². The second-order valence-electron chi connectivity index (χ2n) is 12.9. The van der Waals surface area contributed by atoms with Crippen LogP contribution in [0.1, 0.15) is 20.8 Å². The van der Waals surface area contributed by atoms with E-state index in [0.717, 1.165) is 0 Å². The van der Waals surface area contributed by atoms with Crippen LogP contribution in [0.2, 0.25) is 0 Å². The molecule has 0 amide bonds. The van der Waals surface area contributed by atoms with Crippen molar-refractivity contribution in [2.75, 3.05) is 33.0 Å². The molecule has 0 radical (unpaired) electrons. The molecular formula is C32H54O24. The Balaban J connectivity index is 2.12. The zero-order valence-electron chi connectivity index (χ0n) is 30.6. The number of carbonyl (C=O) groups is 4. The molecule has 0 aromatic carbocycles. The summed E-state index contributed by atoms with van der Waals surface area (Å²) in [6.45, 7) is -0.212. The number of aliphatic hydroxyl groups is 11. The van der Waals surface area contributed by atoms with E-state index in [0.29, 0.717) is 0 Å². The Bertz CT molecular complexity index is 1150. The highest BCUT2D eigenvalue weighted by Gasteiger charge is 2.49. The topological polar surface area (TPSA) is 374 Å². The molecule has 19 atom stereocenters. The Kier molecular flexibility index (Phi) is 22.1. The predicted octanol–water partition coefficient (Wildman–Crippen LogP) is -7.66. The van der Waals surface area contributed by atoms with Gasteiger partial charge in [-0.05, 0) is 13.8 Å². The third-order valence-electron chi connectivity index (χ3n) is 9.00. The van der Waals surface area contributed by atoms with Crippen LogP contribution in [0.5, 0.6) is 0 Å². The van der Waals surface area contributed by atoms with Crippen LogP contribution in [0.15, 0.2) is 0 Å². The van der Waals surface area contributed by atoms with E-state index in [4.69, 9.17) is 42.6 Å². The second-order valence-corrected chi connectivity index (χ2v) is 12.9. The Morgan fingerprint density at radius 3 is 1.45 bits per heavy atom. The number of aldehydes is 4. The molecule has 2 rings (SSSR count). The summed E-state index contributed by atoms with van der Waals surface area (Å²) in [6.07, 6.45) is -31.7. The van der Waals surface area contributed by atoms with Crippen molar-refractivity contribution in [1.29, 1.82) is 0 Å². The normalized spacial score (nSPS) is 33.3. The highest BCUT2D eigenvalue weighted by Crippen LogP contribution is 2.29. The van der Waals surface area contributed by atoms with Crippen molar-refractivity contribution >= 4 is 25.1 Å². The molecule has 11 N–H and O–H groups in total. The van der Waals surface area contributed by atoms with Crippen molar-refractivity contribution in [3.63, 3.8) is 0 Å². The minimum Gasteiger partial charge on any atom is -0.394 e. The van der Waals surface area contributed by atoms with Gasteiger partial charge in [-0.3, -0.25) is 9.59 Å². The fraction of sp³-hybridized carbons (Fsp3) is 0.875. The number of aliphatic hydroxyl groups excluding tert-OH is 10. The SMILES string of the molecule is CC(OC(CO)C(C)OC(C=O)OC(CO)C(C=O)OC1OC(CO)C(OC(C=O)OC(CO)C(C=O)OC2OC(CO)C(C)C(O)C2O)C(O)C1O)C(O)O. The molecule has 2 aliphatic rings.